The number of carbonyl (C=O) groups is 1. The fourth-order valence-electron chi connectivity index (χ4n) is 1.49. The van der Waals surface area contributed by atoms with Gasteiger partial charge in [-0.05, 0) is 39.8 Å². The number of alkyl halides is 2. The van der Waals surface area contributed by atoms with E-state index in [1.165, 1.54) is 18.2 Å². The largest absolute Gasteiger partial charge is 0.491 e. The number of ether oxygens (including phenoxy) is 3. The Morgan fingerprint density at radius 3 is 2.20 bits per heavy atom. The van der Waals surface area contributed by atoms with Crippen LogP contribution in [0.25, 0.3) is 0 Å². The van der Waals surface area contributed by atoms with Crippen molar-refractivity contribution in [3.05, 3.63) is 23.8 Å². The summed E-state index contributed by atoms with van der Waals surface area (Å²) in [5, 5.41) is 0. The van der Waals surface area contributed by atoms with Gasteiger partial charge in [0.05, 0.1) is 12.2 Å². The van der Waals surface area contributed by atoms with E-state index in [-0.39, 0.29) is 23.5 Å². The summed E-state index contributed by atoms with van der Waals surface area (Å²) >= 11 is 0. The molecule has 1 rings (SSSR count). The smallest absolute Gasteiger partial charge is 0.387 e. The van der Waals surface area contributed by atoms with Gasteiger partial charge in [0.2, 0.25) is 0 Å². The standard InChI is InChI=1S/C14H18F2O4/c1-8(2)18-10-5-6-11(13(17)19-9(3)4)12(7-10)20-14(15)16/h5-9,14H,1-4H3. The minimum atomic E-state index is -3.03. The first kappa shape index (κ1) is 16.2. The minimum Gasteiger partial charge on any atom is -0.491 e. The van der Waals surface area contributed by atoms with Crippen LogP contribution in [0.1, 0.15) is 38.1 Å². The Labute approximate surface area is 116 Å². The zero-order valence-electron chi connectivity index (χ0n) is 11.9. The molecule has 1 aromatic carbocycles. The average Bonchev–Trinajstić information content (AvgIpc) is 2.26. The first-order valence-corrected chi connectivity index (χ1v) is 6.26. The molecule has 0 spiro atoms. The maximum Gasteiger partial charge on any atom is 0.387 e. The SMILES string of the molecule is CC(C)OC(=O)c1ccc(OC(C)C)cc1OC(F)F. The third-order valence-electron chi connectivity index (χ3n) is 2.10. The molecule has 0 bridgehead atoms. The first-order valence-electron chi connectivity index (χ1n) is 6.26. The normalized spacial score (nSPS) is 11.1. The van der Waals surface area contributed by atoms with Crippen molar-refractivity contribution in [3.8, 4) is 11.5 Å². The van der Waals surface area contributed by atoms with Gasteiger partial charge in [-0.2, -0.15) is 8.78 Å². The van der Waals surface area contributed by atoms with Gasteiger partial charge in [-0.1, -0.05) is 0 Å². The van der Waals surface area contributed by atoms with E-state index in [0.29, 0.717) is 5.75 Å². The summed E-state index contributed by atoms with van der Waals surface area (Å²) in [4.78, 5) is 11.8. The van der Waals surface area contributed by atoms with E-state index in [9.17, 15) is 13.6 Å². The second-order valence-corrected chi connectivity index (χ2v) is 4.66. The number of hydrogen-bond acceptors (Lipinski definition) is 4. The van der Waals surface area contributed by atoms with E-state index in [2.05, 4.69) is 4.74 Å². The minimum absolute atomic E-state index is 0.0601. The monoisotopic (exact) mass is 288 g/mol. The van der Waals surface area contributed by atoms with Gasteiger partial charge in [0.1, 0.15) is 17.1 Å². The van der Waals surface area contributed by atoms with Crippen LogP contribution >= 0.6 is 0 Å². The maximum atomic E-state index is 12.4. The van der Waals surface area contributed by atoms with Crippen LogP contribution in [0.5, 0.6) is 11.5 Å². The first-order chi connectivity index (χ1) is 9.29. The summed E-state index contributed by atoms with van der Waals surface area (Å²) in [6.45, 7) is 3.90. The number of halogens is 2. The van der Waals surface area contributed by atoms with Crippen molar-refractivity contribution >= 4 is 5.97 Å². The van der Waals surface area contributed by atoms with Gasteiger partial charge in [0.15, 0.2) is 0 Å². The molecule has 0 amide bonds. The van der Waals surface area contributed by atoms with E-state index >= 15 is 0 Å². The Morgan fingerprint density at radius 2 is 1.70 bits per heavy atom. The lowest BCUT2D eigenvalue weighted by molar-refractivity contribution is -0.0506. The lowest BCUT2D eigenvalue weighted by Gasteiger charge is -2.15. The van der Waals surface area contributed by atoms with Crippen molar-refractivity contribution in [2.45, 2.75) is 46.5 Å². The number of hydrogen-bond donors (Lipinski definition) is 0. The van der Waals surface area contributed by atoms with Gasteiger partial charge in [0, 0.05) is 6.07 Å². The van der Waals surface area contributed by atoms with Gasteiger partial charge >= 0.3 is 12.6 Å². The lowest BCUT2D eigenvalue weighted by atomic mass is 10.2. The number of esters is 1. The number of rotatable bonds is 6. The predicted molar refractivity (Wildman–Crippen MR) is 69.4 cm³/mol. The number of benzene rings is 1. The van der Waals surface area contributed by atoms with Crippen molar-refractivity contribution in [2.24, 2.45) is 0 Å². The maximum absolute atomic E-state index is 12.4. The Morgan fingerprint density at radius 1 is 1.05 bits per heavy atom. The summed E-state index contributed by atoms with van der Waals surface area (Å²) in [6.07, 6.45) is -0.476. The van der Waals surface area contributed by atoms with Gasteiger partial charge in [-0.15, -0.1) is 0 Å². The Balaban J connectivity index is 3.06. The van der Waals surface area contributed by atoms with E-state index in [1.807, 2.05) is 0 Å². The highest BCUT2D eigenvalue weighted by atomic mass is 19.3. The third kappa shape index (κ3) is 5.03. The molecule has 20 heavy (non-hydrogen) atoms. The Bertz CT molecular complexity index is 458. The molecule has 112 valence electrons. The van der Waals surface area contributed by atoms with Crippen LogP contribution in [0.3, 0.4) is 0 Å². The van der Waals surface area contributed by atoms with Gasteiger partial charge < -0.3 is 14.2 Å². The molecule has 0 aliphatic rings. The lowest BCUT2D eigenvalue weighted by Crippen LogP contribution is -2.15. The van der Waals surface area contributed by atoms with Crippen LogP contribution in [0.2, 0.25) is 0 Å². The summed E-state index contributed by atoms with van der Waals surface area (Å²) in [7, 11) is 0. The summed E-state index contributed by atoms with van der Waals surface area (Å²) in [5.41, 5.74) is -0.0601. The molecule has 0 unspecified atom stereocenters. The molecular weight excluding hydrogens is 270 g/mol. The van der Waals surface area contributed by atoms with Crippen LogP contribution in [0.4, 0.5) is 8.78 Å². The van der Waals surface area contributed by atoms with Crippen molar-refractivity contribution < 1.29 is 27.8 Å². The van der Waals surface area contributed by atoms with Crippen LogP contribution in [-0.4, -0.2) is 24.8 Å². The quantitative estimate of drug-likeness (QED) is 0.750. The van der Waals surface area contributed by atoms with E-state index in [0.717, 1.165) is 0 Å². The van der Waals surface area contributed by atoms with Gasteiger partial charge in [-0.25, -0.2) is 4.79 Å². The van der Waals surface area contributed by atoms with Crippen molar-refractivity contribution in [3.63, 3.8) is 0 Å². The summed E-state index contributed by atoms with van der Waals surface area (Å²) < 4.78 is 39.5. The molecule has 0 aliphatic heterocycles. The molecule has 0 heterocycles. The third-order valence-corrected chi connectivity index (χ3v) is 2.10. The molecule has 0 saturated carbocycles. The van der Waals surface area contributed by atoms with E-state index in [1.54, 1.807) is 27.7 Å². The highest BCUT2D eigenvalue weighted by Gasteiger charge is 2.19. The summed E-state index contributed by atoms with van der Waals surface area (Å²) in [5.74, 6) is -0.632. The highest BCUT2D eigenvalue weighted by molar-refractivity contribution is 5.92. The summed E-state index contributed by atoms with van der Waals surface area (Å²) in [6, 6.07) is 4.11. The van der Waals surface area contributed by atoms with E-state index < -0.39 is 12.6 Å². The molecule has 0 aromatic heterocycles. The molecule has 0 fully saturated rings. The van der Waals surface area contributed by atoms with Crippen LogP contribution in [0.15, 0.2) is 18.2 Å². The zero-order chi connectivity index (χ0) is 15.3. The topological polar surface area (TPSA) is 44.8 Å². The second-order valence-electron chi connectivity index (χ2n) is 4.66. The number of carbonyl (C=O) groups excluding carboxylic acids is 1. The van der Waals surface area contributed by atoms with Crippen LogP contribution < -0.4 is 9.47 Å². The van der Waals surface area contributed by atoms with Crippen LogP contribution in [0, 0.1) is 0 Å². The molecule has 0 atom stereocenters. The molecule has 0 aliphatic carbocycles. The van der Waals surface area contributed by atoms with Gasteiger partial charge in [0.25, 0.3) is 0 Å². The second kappa shape index (κ2) is 7.07. The van der Waals surface area contributed by atoms with Gasteiger partial charge in [-0.3, -0.25) is 0 Å². The predicted octanol–water partition coefficient (Wildman–Crippen LogP) is 3.64. The van der Waals surface area contributed by atoms with E-state index in [4.69, 9.17) is 9.47 Å². The highest BCUT2D eigenvalue weighted by Crippen LogP contribution is 2.28. The Hall–Kier alpha value is -1.85. The van der Waals surface area contributed by atoms with Crippen molar-refractivity contribution in [2.75, 3.05) is 0 Å². The van der Waals surface area contributed by atoms with Crippen molar-refractivity contribution in [1.29, 1.82) is 0 Å². The van der Waals surface area contributed by atoms with Crippen molar-refractivity contribution in [1.82, 2.24) is 0 Å². The molecule has 0 radical (unpaired) electrons. The molecule has 6 heteroatoms. The Kier molecular flexibility index (Phi) is 5.73. The fraction of sp³-hybridized carbons (Fsp3) is 0.500. The fourth-order valence-corrected chi connectivity index (χ4v) is 1.49. The molecule has 0 saturated heterocycles. The molecule has 4 nitrogen and oxygen atoms in total. The zero-order valence-corrected chi connectivity index (χ0v) is 11.9. The molecule has 1 aromatic rings. The molecule has 0 N–H and O–H groups in total. The van der Waals surface area contributed by atoms with Crippen LogP contribution in [-0.2, 0) is 4.74 Å². The average molecular weight is 288 g/mol. The molecular formula is C14H18F2O4.